The summed E-state index contributed by atoms with van der Waals surface area (Å²) in [6, 6.07) is 0. The number of ether oxygens (including phenoxy) is 1. The normalized spacial score (nSPS) is 24.4. The maximum atomic E-state index is 12.9. The Bertz CT molecular complexity index is 584. The maximum absolute atomic E-state index is 12.9. The molecule has 21 heavy (non-hydrogen) atoms. The molecular formula is C13H24N4O3S. The van der Waals surface area contributed by atoms with Crippen LogP contribution in [-0.4, -0.2) is 56.3 Å². The highest BCUT2D eigenvalue weighted by molar-refractivity contribution is 7.89. The molecule has 1 aliphatic rings. The van der Waals surface area contributed by atoms with E-state index < -0.39 is 10.0 Å². The van der Waals surface area contributed by atoms with Crippen LogP contribution in [0.15, 0.2) is 4.90 Å². The number of aryl methyl sites for hydroxylation is 1. The maximum Gasteiger partial charge on any atom is 0.246 e. The fraction of sp³-hybridized carbons (Fsp3) is 0.769. The summed E-state index contributed by atoms with van der Waals surface area (Å²) in [7, 11) is -0.150. The number of sulfonamides is 1. The molecule has 0 aliphatic carbocycles. The quantitative estimate of drug-likeness (QED) is 0.825. The van der Waals surface area contributed by atoms with Crippen molar-refractivity contribution >= 4 is 10.0 Å². The first-order valence-corrected chi connectivity index (χ1v) is 8.57. The number of hydrogen-bond donors (Lipinski definition) is 2. The van der Waals surface area contributed by atoms with Crippen molar-refractivity contribution in [3.8, 4) is 0 Å². The van der Waals surface area contributed by atoms with Crippen LogP contribution in [0.1, 0.15) is 24.7 Å². The van der Waals surface area contributed by atoms with E-state index in [2.05, 4.69) is 22.4 Å². The predicted octanol–water partition coefficient (Wildman–Crippen LogP) is 0.483. The smallest absolute Gasteiger partial charge is 0.246 e. The zero-order valence-electron chi connectivity index (χ0n) is 13.0. The van der Waals surface area contributed by atoms with Gasteiger partial charge in [0, 0.05) is 26.7 Å². The van der Waals surface area contributed by atoms with E-state index in [0.717, 1.165) is 6.42 Å². The van der Waals surface area contributed by atoms with E-state index in [1.807, 2.05) is 0 Å². The largest absolute Gasteiger partial charge is 0.380 e. The molecular weight excluding hydrogens is 292 g/mol. The third kappa shape index (κ3) is 3.13. The predicted molar refractivity (Wildman–Crippen MR) is 79.4 cm³/mol. The molecule has 2 unspecified atom stereocenters. The van der Waals surface area contributed by atoms with Gasteiger partial charge >= 0.3 is 0 Å². The van der Waals surface area contributed by atoms with Gasteiger partial charge in [-0.05, 0) is 26.3 Å². The van der Waals surface area contributed by atoms with E-state index in [1.165, 1.54) is 4.31 Å². The minimum absolute atomic E-state index is 0.0616. The summed E-state index contributed by atoms with van der Waals surface area (Å²) in [6.07, 6.45) is 0.740. The Morgan fingerprint density at radius 3 is 2.86 bits per heavy atom. The first-order valence-electron chi connectivity index (χ1n) is 7.13. The molecule has 8 heteroatoms. The average molecular weight is 316 g/mol. The number of nitrogens with one attached hydrogen (secondary N) is 2. The summed E-state index contributed by atoms with van der Waals surface area (Å²) in [5.74, 6) is 0.365. The number of piperidine rings is 1. The Hall–Kier alpha value is -0.960. The van der Waals surface area contributed by atoms with Gasteiger partial charge in [0.15, 0.2) is 0 Å². The van der Waals surface area contributed by atoms with Gasteiger partial charge in [-0.15, -0.1) is 0 Å². The van der Waals surface area contributed by atoms with E-state index in [9.17, 15) is 8.42 Å². The number of H-pyrrole nitrogens is 1. The van der Waals surface area contributed by atoms with Crippen LogP contribution in [0.2, 0.25) is 0 Å². The zero-order chi connectivity index (χ0) is 15.6. The van der Waals surface area contributed by atoms with Crippen LogP contribution in [0.4, 0.5) is 0 Å². The fourth-order valence-corrected chi connectivity index (χ4v) is 4.55. The van der Waals surface area contributed by atoms with Crippen molar-refractivity contribution < 1.29 is 13.2 Å². The van der Waals surface area contributed by atoms with E-state index in [4.69, 9.17) is 4.74 Å². The Morgan fingerprint density at radius 2 is 2.24 bits per heavy atom. The lowest BCUT2D eigenvalue weighted by Gasteiger charge is -2.35. The third-order valence-corrected chi connectivity index (χ3v) is 6.13. The monoisotopic (exact) mass is 316 g/mol. The van der Waals surface area contributed by atoms with Crippen molar-refractivity contribution in [2.45, 2.75) is 37.8 Å². The van der Waals surface area contributed by atoms with Gasteiger partial charge in [0.1, 0.15) is 4.90 Å². The first-order chi connectivity index (χ1) is 9.91. The van der Waals surface area contributed by atoms with Gasteiger partial charge in [0.2, 0.25) is 10.0 Å². The molecule has 1 fully saturated rings. The molecule has 2 rings (SSSR count). The van der Waals surface area contributed by atoms with Gasteiger partial charge in [-0.3, -0.25) is 5.10 Å². The lowest BCUT2D eigenvalue weighted by atomic mass is 9.97. The third-order valence-electron chi connectivity index (χ3n) is 4.06. The van der Waals surface area contributed by atoms with Gasteiger partial charge in [0.25, 0.3) is 0 Å². The number of methoxy groups -OCH3 is 1. The molecule has 0 saturated carbocycles. The minimum atomic E-state index is -3.55. The van der Waals surface area contributed by atoms with Gasteiger partial charge in [-0.25, -0.2) is 8.42 Å². The number of nitrogens with zero attached hydrogens (tertiary/aromatic N) is 2. The molecule has 0 radical (unpaired) electrons. The molecule has 1 aliphatic heterocycles. The Balaban J connectivity index is 2.32. The van der Waals surface area contributed by atoms with Crippen LogP contribution >= 0.6 is 0 Å². The van der Waals surface area contributed by atoms with Gasteiger partial charge < -0.3 is 10.1 Å². The molecule has 1 aromatic heterocycles. The number of aromatic nitrogens is 2. The van der Waals surface area contributed by atoms with Crippen LogP contribution in [0.3, 0.4) is 0 Å². The van der Waals surface area contributed by atoms with E-state index in [-0.39, 0.29) is 6.10 Å². The summed E-state index contributed by atoms with van der Waals surface area (Å²) < 4.78 is 32.8. The molecule has 0 bridgehead atoms. The van der Waals surface area contributed by atoms with E-state index in [0.29, 0.717) is 41.8 Å². The number of hydrogen-bond acceptors (Lipinski definition) is 5. The summed E-state index contributed by atoms with van der Waals surface area (Å²) >= 11 is 0. The van der Waals surface area contributed by atoms with E-state index >= 15 is 0 Å². The summed E-state index contributed by atoms with van der Waals surface area (Å²) in [6.45, 7) is 5.15. The highest BCUT2D eigenvalue weighted by Gasteiger charge is 2.36. The van der Waals surface area contributed by atoms with Crippen LogP contribution in [-0.2, 0) is 21.3 Å². The second kappa shape index (κ2) is 6.43. The van der Waals surface area contributed by atoms with Crippen molar-refractivity contribution in [2.24, 2.45) is 5.92 Å². The molecule has 7 nitrogen and oxygen atoms in total. The van der Waals surface area contributed by atoms with Gasteiger partial charge in [0.05, 0.1) is 17.5 Å². The second-order valence-corrected chi connectivity index (χ2v) is 7.43. The minimum Gasteiger partial charge on any atom is -0.380 e. The molecule has 2 atom stereocenters. The van der Waals surface area contributed by atoms with Crippen LogP contribution in [0, 0.1) is 12.8 Å². The lowest BCUT2D eigenvalue weighted by molar-refractivity contribution is 0.0183. The molecule has 2 heterocycles. The molecule has 120 valence electrons. The molecule has 1 aromatic rings. The Morgan fingerprint density at radius 1 is 1.52 bits per heavy atom. The van der Waals surface area contributed by atoms with Crippen molar-refractivity contribution in [1.29, 1.82) is 0 Å². The SMILES string of the molecule is CNCc1n[nH]c(C)c1S(=O)(=O)N1CCC(C)C(OC)C1. The molecule has 0 amide bonds. The number of rotatable bonds is 5. The van der Waals surface area contributed by atoms with Gasteiger partial charge in [-0.1, -0.05) is 6.92 Å². The average Bonchev–Trinajstić information content (AvgIpc) is 2.81. The van der Waals surface area contributed by atoms with Crippen molar-refractivity contribution in [3.05, 3.63) is 11.4 Å². The molecule has 1 saturated heterocycles. The van der Waals surface area contributed by atoms with Crippen LogP contribution in [0.25, 0.3) is 0 Å². The summed E-state index contributed by atoms with van der Waals surface area (Å²) in [5, 5.41) is 9.82. The van der Waals surface area contributed by atoms with Gasteiger partial charge in [-0.2, -0.15) is 9.40 Å². The van der Waals surface area contributed by atoms with Crippen molar-refractivity contribution in [3.63, 3.8) is 0 Å². The topological polar surface area (TPSA) is 87.3 Å². The number of aromatic amines is 1. The van der Waals surface area contributed by atoms with Crippen LogP contribution < -0.4 is 5.32 Å². The highest BCUT2D eigenvalue weighted by Crippen LogP contribution is 2.27. The molecule has 2 N–H and O–H groups in total. The summed E-state index contributed by atoms with van der Waals surface area (Å²) in [4.78, 5) is 0.293. The Labute approximate surface area is 126 Å². The molecule has 0 spiro atoms. The Kier molecular flexibility index (Phi) is 5.03. The first kappa shape index (κ1) is 16.4. The lowest BCUT2D eigenvalue weighted by Crippen LogP contribution is -2.46. The molecule has 0 aromatic carbocycles. The highest BCUT2D eigenvalue weighted by atomic mass is 32.2. The van der Waals surface area contributed by atoms with E-state index in [1.54, 1.807) is 21.1 Å². The fourth-order valence-electron chi connectivity index (χ4n) is 2.76. The van der Waals surface area contributed by atoms with Crippen molar-refractivity contribution in [2.75, 3.05) is 27.2 Å². The van der Waals surface area contributed by atoms with Crippen LogP contribution in [0.5, 0.6) is 0 Å². The zero-order valence-corrected chi connectivity index (χ0v) is 13.8. The standard InChI is InChI=1S/C13H24N4O3S/c1-9-5-6-17(8-12(9)20-4)21(18,19)13-10(2)15-16-11(13)7-14-3/h9,12,14H,5-8H2,1-4H3,(H,15,16). The van der Waals surface area contributed by atoms with Crippen molar-refractivity contribution in [1.82, 2.24) is 19.8 Å². The summed E-state index contributed by atoms with van der Waals surface area (Å²) in [5.41, 5.74) is 1.11. The second-order valence-electron chi connectivity index (χ2n) is 5.56.